The van der Waals surface area contributed by atoms with E-state index in [0.717, 1.165) is 5.56 Å². The number of benzene rings is 2. The molecule has 9 nitrogen and oxygen atoms in total. The number of carboxylic acids is 1. The van der Waals surface area contributed by atoms with Crippen LogP contribution in [0.3, 0.4) is 0 Å². The Morgan fingerprint density at radius 1 is 1.10 bits per heavy atom. The molecule has 162 valence electrons. The zero-order chi connectivity index (χ0) is 22.4. The maximum atomic E-state index is 12.6. The van der Waals surface area contributed by atoms with Crippen molar-refractivity contribution in [2.45, 2.75) is 18.4 Å². The van der Waals surface area contributed by atoms with Crippen molar-refractivity contribution >= 4 is 29.6 Å². The molecule has 1 fully saturated rings. The van der Waals surface area contributed by atoms with Crippen LogP contribution in [-0.4, -0.2) is 60.1 Å². The van der Waals surface area contributed by atoms with Crippen molar-refractivity contribution in [2.24, 2.45) is 0 Å². The summed E-state index contributed by atoms with van der Waals surface area (Å²) in [6, 6.07) is 14.0. The maximum Gasteiger partial charge on any atom is 0.337 e. The van der Waals surface area contributed by atoms with Crippen LogP contribution >= 0.6 is 0 Å². The predicted octanol–water partition coefficient (Wildman–Crippen LogP) is 2.06. The summed E-state index contributed by atoms with van der Waals surface area (Å²) in [6.07, 6.45) is 0.317. The van der Waals surface area contributed by atoms with E-state index < -0.39 is 29.9 Å². The third-order valence-electron chi connectivity index (χ3n) is 5.12. The van der Waals surface area contributed by atoms with Crippen molar-refractivity contribution in [3.05, 3.63) is 65.7 Å². The van der Waals surface area contributed by atoms with Gasteiger partial charge in [0.1, 0.15) is 6.04 Å². The summed E-state index contributed by atoms with van der Waals surface area (Å²) < 4.78 is 4.64. The molecule has 2 aromatic carbocycles. The lowest BCUT2D eigenvalue weighted by Crippen LogP contribution is -2.46. The Labute approximate surface area is 179 Å². The SMILES string of the molecule is COC(=O)c1cccc(NC(=O)NCC(=O)N2C[C@@H](c3ccccc3)C[C@H]2C(=O)O)c1. The number of anilines is 1. The monoisotopic (exact) mass is 425 g/mol. The molecule has 0 radical (unpaired) electrons. The molecular weight excluding hydrogens is 402 g/mol. The molecule has 0 unspecified atom stereocenters. The second-order valence-electron chi connectivity index (χ2n) is 7.12. The van der Waals surface area contributed by atoms with Gasteiger partial charge in [-0.3, -0.25) is 4.79 Å². The van der Waals surface area contributed by atoms with E-state index in [1.807, 2.05) is 30.3 Å². The van der Waals surface area contributed by atoms with Crippen LogP contribution in [0.1, 0.15) is 28.3 Å². The number of likely N-dealkylation sites (tertiary alicyclic amines) is 1. The first-order chi connectivity index (χ1) is 14.9. The molecular formula is C22H23N3O6. The van der Waals surface area contributed by atoms with E-state index in [2.05, 4.69) is 15.4 Å². The standard InChI is InChI=1S/C22H23N3O6/c1-31-21(29)15-8-5-9-17(10-15)24-22(30)23-12-19(26)25-13-16(11-18(25)20(27)28)14-6-3-2-4-7-14/h2-10,16,18H,11-13H2,1H3,(H,27,28)(H2,23,24,30)/t16-,18-/m0/s1. The summed E-state index contributed by atoms with van der Waals surface area (Å²) in [7, 11) is 1.26. The molecule has 1 saturated heterocycles. The van der Waals surface area contributed by atoms with Gasteiger partial charge < -0.3 is 25.4 Å². The van der Waals surface area contributed by atoms with Crippen LogP contribution in [0.2, 0.25) is 0 Å². The molecule has 0 spiro atoms. The van der Waals surface area contributed by atoms with E-state index in [4.69, 9.17) is 0 Å². The van der Waals surface area contributed by atoms with Crippen molar-refractivity contribution in [3.63, 3.8) is 0 Å². The number of urea groups is 1. The lowest BCUT2D eigenvalue weighted by atomic mass is 9.96. The first-order valence-corrected chi connectivity index (χ1v) is 9.69. The Kier molecular flexibility index (Phi) is 6.86. The van der Waals surface area contributed by atoms with Crippen molar-refractivity contribution in [3.8, 4) is 0 Å². The third kappa shape index (κ3) is 5.39. The molecule has 31 heavy (non-hydrogen) atoms. The number of amides is 3. The van der Waals surface area contributed by atoms with Gasteiger partial charge in [-0.05, 0) is 30.2 Å². The number of ether oxygens (including phenoxy) is 1. The number of rotatable bonds is 6. The van der Waals surface area contributed by atoms with Gasteiger partial charge in [-0.15, -0.1) is 0 Å². The number of carbonyl (C=O) groups is 4. The van der Waals surface area contributed by atoms with Gasteiger partial charge in [-0.25, -0.2) is 14.4 Å². The highest BCUT2D eigenvalue weighted by atomic mass is 16.5. The van der Waals surface area contributed by atoms with Crippen LogP contribution in [0.15, 0.2) is 54.6 Å². The molecule has 1 heterocycles. The molecule has 2 atom stereocenters. The maximum absolute atomic E-state index is 12.6. The first kappa shape index (κ1) is 21.8. The highest BCUT2D eigenvalue weighted by Crippen LogP contribution is 2.31. The Morgan fingerprint density at radius 3 is 2.52 bits per heavy atom. The van der Waals surface area contributed by atoms with Gasteiger partial charge >= 0.3 is 18.0 Å². The number of methoxy groups -OCH3 is 1. The minimum Gasteiger partial charge on any atom is -0.480 e. The summed E-state index contributed by atoms with van der Waals surface area (Å²) >= 11 is 0. The zero-order valence-electron chi connectivity index (χ0n) is 16.9. The molecule has 0 saturated carbocycles. The van der Waals surface area contributed by atoms with Gasteiger partial charge in [0.15, 0.2) is 0 Å². The number of esters is 1. The van der Waals surface area contributed by atoms with Gasteiger partial charge in [-0.1, -0.05) is 36.4 Å². The van der Waals surface area contributed by atoms with E-state index in [0.29, 0.717) is 12.1 Å². The van der Waals surface area contributed by atoms with Crippen LogP contribution in [0.25, 0.3) is 0 Å². The number of carboxylic acid groups (broad SMARTS) is 1. The smallest absolute Gasteiger partial charge is 0.337 e. The number of hydrogen-bond acceptors (Lipinski definition) is 5. The molecule has 9 heteroatoms. The third-order valence-corrected chi connectivity index (χ3v) is 5.12. The van der Waals surface area contributed by atoms with Gasteiger partial charge in [0, 0.05) is 18.2 Å². The largest absolute Gasteiger partial charge is 0.480 e. The van der Waals surface area contributed by atoms with E-state index >= 15 is 0 Å². The fraction of sp³-hybridized carbons (Fsp3) is 0.273. The van der Waals surface area contributed by atoms with Gasteiger partial charge in [0.25, 0.3) is 0 Å². The van der Waals surface area contributed by atoms with E-state index in [1.165, 1.54) is 18.1 Å². The number of carbonyl (C=O) groups excluding carboxylic acids is 3. The van der Waals surface area contributed by atoms with Crippen molar-refractivity contribution < 1.29 is 29.0 Å². The van der Waals surface area contributed by atoms with Crippen LogP contribution in [0.4, 0.5) is 10.5 Å². The Balaban J connectivity index is 1.58. The summed E-state index contributed by atoms with van der Waals surface area (Å²) in [4.78, 5) is 49.3. The average molecular weight is 425 g/mol. The lowest BCUT2D eigenvalue weighted by Gasteiger charge is -2.21. The topological polar surface area (TPSA) is 125 Å². The minimum absolute atomic E-state index is 0.0823. The highest BCUT2D eigenvalue weighted by molar-refractivity contribution is 5.95. The lowest BCUT2D eigenvalue weighted by molar-refractivity contribution is -0.147. The Hall–Kier alpha value is -3.88. The molecule has 3 N–H and O–H groups in total. The molecule has 0 bridgehead atoms. The molecule has 0 aliphatic carbocycles. The molecule has 1 aliphatic rings. The van der Waals surface area contributed by atoms with Crippen LogP contribution in [0, 0.1) is 0 Å². The second-order valence-corrected chi connectivity index (χ2v) is 7.12. The molecule has 3 rings (SSSR count). The average Bonchev–Trinajstić information content (AvgIpc) is 3.24. The van der Waals surface area contributed by atoms with Gasteiger partial charge in [0.2, 0.25) is 5.91 Å². The van der Waals surface area contributed by atoms with Crippen molar-refractivity contribution in [2.75, 3.05) is 25.5 Å². The Morgan fingerprint density at radius 2 is 1.84 bits per heavy atom. The minimum atomic E-state index is -1.07. The summed E-state index contributed by atoms with van der Waals surface area (Å²) in [5.41, 5.74) is 1.59. The number of nitrogens with zero attached hydrogens (tertiary/aromatic N) is 1. The summed E-state index contributed by atoms with van der Waals surface area (Å²) in [5, 5.41) is 14.5. The number of hydrogen-bond donors (Lipinski definition) is 3. The van der Waals surface area contributed by atoms with Gasteiger partial charge in [0.05, 0.1) is 19.2 Å². The predicted molar refractivity (Wildman–Crippen MR) is 112 cm³/mol. The van der Waals surface area contributed by atoms with Crippen molar-refractivity contribution in [1.29, 1.82) is 0 Å². The first-order valence-electron chi connectivity index (χ1n) is 9.69. The fourth-order valence-corrected chi connectivity index (χ4v) is 3.59. The molecule has 1 aliphatic heterocycles. The Bertz CT molecular complexity index is 978. The molecule has 2 aromatic rings. The van der Waals surface area contributed by atoms with Crippen molar-refractivity contribution in [1.82, 2.24) is 10.2 Å². The highest BCUT2D eigenvalue weighted by Gasteiger charge is 2.39. The number of nitrogens with one attached hydrogen (secondary N) is 2. The van der Waals surface area contributed by atoms with Crippen LogP contribution in [-0.2, 0) is 14.3 Å². The normalized spacial score (nSPS) is 17.6. The summed E-state index contributed by atoms with van der Waals surface area (Å²) in [6.45, 7) is -0.0852. The molecule has 3 amide bonds. The quantitative estimate of drug-likeness (QED) is 0.609. The zero-order valence-corrected chi connectivity index (χ0v) is 16.9. The van der Waals surface area contributed by atoms with Gasteiger partial charge in [-0.2, -0.15) is 0 Å². The van der Waals surface area contributed by atoms with E-state index in [1.54, 1.807) is 18.2 Å². The van der Waals surface area contributed by atoms with Crippen LogP contribution < -0.4 is 10.6 Å². The number of aliphatic carboxylic acids is 1. The second kappa shape index (κ2) is 9.75. The fourth-order valence-electron chi connectivity index (χ4n) is 3.59. The van der Waals surface area contributed by atoms with E-state index in [9.17, 15) is 24.3 Å². The van der Waals surface area contributed by atoms with E-state index in [-0.39, 0.29) is 24.6 Å². The summed E-state index contributed by atoms with van der Waals surface area (Å²) in [5.74, 6) is -2.18. The van der Waals surface area contributed by atoms with Crippen LogP contribution in [0.5, 0.6) is 0 Å². The molecule has 0 aromatic heterocycles.